The van der Waals surface area contributed by atoms with E-state index in [0.29, 0.717) is 0 Å². The number of rotatable bonds is 7. The first-order valence-electron chi connectivity index (χ1n) is 20.9. The summed E-state index contributed by atoms with van der Waals surface area (Å²) in [6.45, 7) is 6.74. The molecule has 3 aromatic heterocycles. The summed E-state index contributed by atoms with van der Waals surface area (Å²) >= 11 is 0. The van der Waals surface area contributed by atoms with Gasteiger partial charge in [-0.1, -0.05) is 130 Å². The van der Waals surface area contributed by atoms with E-state index in [1.807, 2.05) is 12.3 Å². The van der Waals surface area contributed by atoms with Crippen LogP contribution in [0, 0.1) is 0 Å². The highest BCUT2D eigenvalue weighted by atomic mass is 16.5. The molecule has 0 amide bonds. The number of nitrogens with zero attached hydrogens (tertiary/aromatic N) is 5. The maximum Gasteiger partial charge on any atom is 0.324 e. The maximum atomic E-state index is 6.77. The molecule has 6 aromatic carbocycles. The second-order valence-corrected chi connectivity index (χ2v) is 16.8. The normalized spacial score (nSPS) is 14.0. The van der Waals surface area contributed by atoms with E-state index in [0.717, 1.165) is 67.3 Å². The molecule has 7 heteroatoms. The third kappa shape index (κ3) is 6.37. The van der Waals surface area contributed by atoms with Gasteiger partial charge in [0, 0.05) is 46.3 Å². The second-order valence-electron chi connectivity index (χ2n) is 16.8. The molecule has 9 aromatic rings. The molecule has 6 nitrogen and oxygen atoms in total. The molecule has 2 aliphatic heterocycles. The molecule has 0 saturated heterocycles. The van der Waals surface area contributed by atoms with Crippen LogP contribution in [0.1, 0.15) is 37.5 Å². The zero-order valence-electron chi connectivity index (χ0n) is 34.4. The maximum absolute atomic E-state index is 6.77. The van der Waals surface area contributed by atoms with Crippen LogP contribution in [-0.2, 0) is 5.41 Å². The average Bonchev–Trinajstić information content (AvgIpc) is 3.85. The van der Waals surface area contributed by atoms with Crippen molar-refractivity contribution in [2.24, 2.45) is 0 Å². The van der Waals surface area contributed by atoms with Gasteiger partial charge < -0.3 is 9.55 Å². The van der Waals surface area contributed by atoms with E-state index >= 15 is 0 Å². The summed E-state index contributed by atoms with van der Waals surface area (Å²) in [5.41, 5.74) is 12.4. The number of para-hydroxylation sites is 3. The molecule has 292 valence electrons. The topological polar surface area (TPSA) is 39.1 Å². The van der Waals surface area contributed by atoms with Crippen LogP contribution in [0.5, 0.6) is 11.5 Å². The number of fused-ring (bicyclic) bond motifs is 5. The molecule has 0 spiro atoms. The molecule has 61 heavy (non-hydrogen) atoms. The van der Waals surface area contributed by atoms with Gasteiger partial charge in [-0.05, 0) is 89.0 Å². The van der Waals surface area contributed by atoms with Crippen LogP contribution in [0.25, 0.3) is 61.1 Å². The van der Waals surface area contributed by atoms with Crippen LogP contribution >= 0.6 is 0 Å². The van der Waals surface area contributed by atoms with Gasteiger partial charge in [0.2, 0.25) is 0 Å². The molecule has 11 rings (SSSR count). The van der Waals surface area contributed by atoms with Crippen LogP contribution in [-0.4, -0.2) is 25.8 Å². The Kier molecular flexibility index (Phi) is 8.71. The Morgan fingerprint density at radius 2 is 1.34 bits per heavy atom. The lowest BCUT2D eigenvalue weighted by Gasteiger charge is -2.33. The third-order valence-electron chi connectivity index (χ3n) is 11.9. The Labute approximate surface area is 356 Å². The summed E-state index contributed by atoms with van der Waals surface area (Å²) in [7, 11) is 0. The quantitative estimate of drug-likeness (QED) is 0.119. The van der Waals surface area contributed by atoms with Crippen molar-refractivity contribution in [2.75, 3.05) is 0 Å². The lowest BCUT2D eigenvalue weighted by atomic mass is 9.49. The zero-order valence-corrected chi connectivity index (χ0v) is 34.4. The van der Waals surface area contributed by atoms with Crippen molar-refractivity contribution in [1.29, 1.82) is 0 Å². The molecular formula is C54H43BN5O+. The number of imidazole rings is 1. The van der Waals surface area contributed by atoms with Crippen molar-refractivity contribution in [3.8, 4) is 23.0 Å². The van der Waals surface area contributed by atoms with Crippen molar-refractivity contribution in [1.82, 2.24) is 18.9 Å². The van der Waals surface area contributed by atoms with E-state index in [1.54, 1.807) is 0 Å². The molecule has 0 bridgehead atoms. The molecule has 0 radical (unpaired) electrons. The lowest BCUT2D eigenvalue weighted by Crippen LogP contribution is -2.43. The number of pyridine rings is 1. The Morgan fingerprint density at radius 1 is 0.623 bits per heavy atom. The van der Waals surface area contributed by atoms with E-state index in [4.69, 9.17) is 9.72 Å². The van der Waals surface area contributed by atoms with Crippen molar-refractivity contribution in [3.05, 3.63) is 224 Å². The number of hydrogen-bond donors (Lipinski definition) is 0. The van der Waals surface area contributed by atoms with Gasteiger partial charge in [0.05, 0.1) is 11.0 Å². The summed E-state index contributed by atoms with van der Waals surface area (Å²) < 4.78 is 13.7. The van der Waals surface area contributed by atoms with Crippen molar-refractivity contribution in [3.63, 3.8) is 0 Å². The molecule has 0 fully saturated rings. The number of aromatic nitrogens is 4. The van der Waals surface area contributed by atoms with Crippen molar-refractivity contribution >= 4 is 56.4 Å². The highest BCUT2D eigenvalue weighted by molar-refractivity contribution is 6.84. The van der Waals surface area contributed by atoms with Gasteiger partial charge in [-0.2, -0.15) is 9.13 Å². The van der Waals surface area contributed by atoms with Crippen LogP contribution < -0.4 is 9.30 Å². The highest BCUT2D eigenvalue weighted by Crippen LogP contribution is 2.40. The average molecular weight is 789 g/mol. The first-order valence-corrected chi connectivity index (χ1v) is 20.9. The van der Waals surface area contributed by atoms with E-state index in [1.165, 1.54) is 22.0 Å². The standard InChI is InChI=1S/C54H43BN5O/c1-54(2,3)40-29-31-56-51(33-40)60-47-24-11-10-23-44(47)45-28-27-43(35-50(45)60)61-42-22-16-21-41(34-42)58-37-59(49-26-13-12-25-48(49)58)53-46(38-17-6-4-7-18-38)36-57-32-15-14-30-55(57)52(53)39-19-8-5-9-20-39/h4-37H,1-3H3/q+1. The van der Waals surface area contributed by atoms with Gasteiger partial charge in [0.1, 0.15) is 28.7 Å². The summed E-state index contributed by atoms with van der Waals surface area (Å²) in [5.74, 6) is 4.68. The van der Waals surface area contributed by atoms with E-state index in [-0.39, 0.29) is 12.3 Å². The molecule has 0 atom stereocenters. The summed E-state index contributed by atoms with van der Waals surface area (Å²) in [6.07, 6.45) is 12.9. The lowest BCUT2D eigenvalue weighted by molar-refractivity contribution is -0.548. The fourth-order valence-electron chi connectivity index (χ4n) is 8.98. The Balaban J connectivity index is 1.04. The molecule has 2 aliphatic rings. The molecule has 0 N–H and O–H groups in total. The number of allylic oxidation sites excluding steroid dienone is 4. The molecule has 0 unspecified atom stereocenters. The fraction of sp³-hybridized carbons (Fsp3) is 0.0741. The van der Waals surface area contributed by atoms with Gasteiger partial charge >= 0.3 is 6.85 Å². The highest BCUT2D eigenvalue weighted by Gasteiger charge is 2.38. The molecule has 0 aliphatic carbocycles. The SMILES string of the molecule is CC(C)(C)c1ccnc(-n2c3ccccc3c3ccc(Oc4cccc(-n5c[n+](C6=C(c7ccccc7)B7C=CC=CN7C=C6c6ccccc6)c6ccccc65)c4)cc32)c1. The minimum absolute atomic E-state index is 0.00992. The first-order chi connectivity index (χ1) is 29.9. The third-order valence-corrected chi connectivity index (χ3v) is 11.9. The molecule has 0 saturated carbocycles. The minimum Gasteiger partial charge on any atom is -0.457 e. The van der Waals surface area contributed by atoms with Crippen LogP contribution in [0.4, 0.5) is 0 Å². The predicted octanol–water partition coefficient (Wildman–Crippen LogP) is 12.4. The van der Waals surface area contributed by atoms with Gasteiger partial charge in [-0.25, -0.2) is 4.98 Å². The number of ether oxygens (including phenoxy) is 1. The predicted molar refractivity (Wildman–Crippen MR) is 251 cm³/mol. The fourth-order valence-corrected chi connectivity index (χ4v) is 8.98. The van der Waals surface area contributed by atoms with Crippen LogP contribution in [0.2, 0.25) is 0 Å². The van der Waals surface area contributed by atoms with Crippen molar-refractivity contribution < 1.29 is 9.30 Å². The van der Waals surface area contributed by atoms with E-state index in [2.05, 4.69) is 234 Å². The van der Waals surface area contributed by atoms with Crippen LogP contribution in [0.3, 0.4) is 0 Å². The monoisotopic (exact) mass is 788 g/mol. The van der Waals surface area contributed by atoms with Gasteiger partial charge in [0.15, 0.2) is 11.0 Å². The van der Waals surface area contributed by atoms with E-state index in [9.17, 15) is 0 Å². The smallest absolute Gasteiger partial charge is 0.324 e. The molecular weight excluding hydrogens is 745 g/mol. The van der Waals surface area contributed by atoms with Gasteiger partial charge in [0.25, 0.3) is 6.33 Å². The Morgan fingerprint density at radius 3 is 2.16 bits per heavy atom. The van der Waals surface area contributed by atoms with Gasteiger partial charge in [-0.15, -0.1) is 0 Å². The first kappa shape index (κ1) is 36.4. The summed E-state index contributed by atoms with van der Waals surface area (Å²) in [6, 6.07) is 57.8. The summed E-state index contributed by atoms with van der Waals surface area (Å²) in [5, 5.41) is 2.33. The second kappa shape index (κ2) is 14.6. The van der Waals surface area contributed by atoms with Crippen LogP contribution in [0.15, 0.2) is 207 Å². The molecule has 5 heterocycles. The summed E-state index contributed by atoms with van der Waals surface area (Å²) in [4.78, 5) is 7.21. The number of benzene rings is 6. The Bertz CT molecular complexity index is 3280. The zero-order chi connectivity index (χ0) is 41.1. The minimum atomic E-state index is -0.00992. The number of hydrogen-bond acceptors (Lipinski definition) is 3. The Hall–Kier alpha value is -7.64. The van der Waals surface area contributed by atoms with Crippen molar-refractivity contribution in [2.45, 2.75) is 26.2 Å². The van der Waals surface area contributed by atoms with Gasteiger partial charge in [-0.3, -0.25) is 4.57 Å². The van der Waals surface area contributed by atoms with E-state index < -0.39 is 0 Å². The largest absolute Gasteiger partial charge is 0.457 e.